The second-order valence-corrected chi connectivity index (χ2v) is 7.58. The first kappa shape index (κ1) is 14.5. The smallest absolute Gasteiger partial charge is 0.119 e. The van der Waals surface area contributed by atoms with Crippen molar-refractivity contribution >= 4 is 0 Å². The molecule has 1 aromatic rings. The molecule has 1 aromatic carbocycles. The number of aliphatic hydroxyl groups excluding tert-OH is 1. The molecule has 0 amide bonds. The fraction of sp³-hybridized carbons (Fsp3) is 0.684. The molecule has 0 spiro atoms. The fourth-order valence-electron chi connectivity index (χ4n) is 5.26. The highest BCUT2D eigenvalue weighted by molar-refractivity contribution is 5.40. The maximum Gasteiger partial charge on any atom is 0.119 e. The van der Waals surface area contributed by atoms with Crippen molar-refractivity contribution in [3.8, 4) is 5.75 Å². The van der Waals surface area contributed by atoms with E-state index in [1.807, 2.05) is 0 Å². The van der Waals surface area contributed by atoms with Gasteiger partial charge in [0, 0.05) is 5.41 Å². The van der Waals surface area contributed by atoms with Crippen molar-refractivity contribution in [2.45, 2.75) is 44.6 Å². The zero-order valence-electron chi connectivity index (χ0n) is 13.5. The topological polar surface area (TPSA) is 38.7 Å². The summed E-state index contributed by atoms with van der Waals surface area (Å²) in [6, 6.07) is 6.58. The average Bonchev–Trinajstić information content (AvgIpc) is 2.55. The summed E-state index contributed by atoms with van der Waals surface area (Å²) in [5, 5.41) is 10.5. The second kappa shape index (κ2) is 5.24. The lowest BCUT2D eigenvalue weighted by Gasteiger charge is -2.55. The van der Waals surface area contributed by atoms with Gasteiger partial charge in [-0.15, -0.1) is 0 Å². The number of fused-ring (bicyclic) bond motifs is 5. The number of ether oxygens (including phenoxy) is 2. The van der Waals surface area contributed by atoms with Crippen molar-refractivity contribution in [2.24, 2.45) is 17.3 Å². The van der Waals surface area contributed by atoms with E-state index in [4.69, 9.17) is 9.47 Å². The van der Waals surface area contributed by atoms with Gasteiger partial charge in [0.25, 0.3) is 0 Å². The number of benzene rings is 1. The lowest BCUT2D eigenvalue weighted by Crippen LogP contribution is -2.55. The predicted molar refractivity (Wildman–Crippen MR) is 85.2 cm³/mol. The number of rotatable bonds is 1. The van der Waals surface area contributed by atoms with Gasteiger partial charge in [-0.3, -0.25) is 0 Å². The van der Waals surface area contributed by atoms with Crippen molar-refractivity contribution in [3.63, 3.8) is 0 Å². The lowest BCUT2D eigenvalue weighted by molar-refractivity contribution is -0.166. The molecule has 4 rings (SSSR count). The van der Waals surface area contributed by atoms with Crippen molar-refractivity contribution in [1.29, 1.82) is 0 Å². The largest absolute Gasteiger partial charge is 0.497 e. The monoisotopic (exact) mass is 302 g/mol. The molecule has 0 bridgehead atoms. The standard InChI is InChI=1S/C19H26O3/c1-19-8-7-15-14-6-4-13(21-2)9-12(14)3-5-16(15)17(19)10-22-11-18(19)20/h4,6,9,15-18,20H,3,5,7-8,10-11H2,1-2H3/t15-,16-,17+,18+,19+/m1/s1. The van der Waals surface area contributed by atoms with Crippen molar-refractivity contribution in [2.75, 3.05) is 20.3 Å². The molecule has 0 aromatic heterocycles. The van der Waals surface area contributed by atoms with E-state index in [1.165, 1.54) is 24.0 Å². The van der Waals surface area contributed by atoms with E-state index in [2.05, 4.69) is 25.1 Å². The van der Waals surface area contributed by atoms with Gasteiger partial charge in [-0.1, -0.05) is 13.0 Å². The Labute approximate surface area is 132 Å². The van der Waals surface area contributed by atoms with Gasteiger partial charge < -0.3 is 14.6 Å². The summed E-state index contributed by atoms with van der Waals surface area (Å²) in [7, 11) is 1.74. The third-order valence-electron chi connectivity index (χ3n) is 6.71. The third kappa shape index (κ3) is 2.02. The molecular weight excluding hydrogens is 276 g/mol. The fourth-order valence-corrected chi connectivity index (χ4v) is 5.26. The zero-order chi connectivity index (χ0) is 15.3. The SMILES string of the molecule is COc1ccc2c(c1)CC[C@@H]1[C@@H]2CC[C@]2(C)[C@@H](O)COC[C@@H]12. The molecule has 3 heteroatoms. The third-order valence-corrected chi connectivity index (χ3v) is 6.71. The molecule has 1 saturated heterocycles. The van der Waals surface area contributed by atoms with E-state index in [1.54, 1.807) is 7.11 Å². The minimum atomic E-state index is -0.301. The molecule has 3 nitrogen and oxygen atoms in total. The Morgan fingerprint density at radius 1 is 1.27 bits per heavy atom. The molecule has 22 heavy (non-hydrogen) atoms. The summed E-state index contributed by atoms with van der Waals surface area (Å²) in [5.41, 5.74) is 3.02. The van der Waals surface area contributed by atoms with Crippen LogP contribution in [0.15, 0.2) is 18.2 Å². The van der Waals surface area contributed by atoms with Crippen LogP contribution in [0.5, 0.6) is 5.75 Å². The molecule has 1 N–H and O–H groups in total. The van der Waals surface area contributed by atoms with Gasteiger partial charge in [-0.2, -0.15) is 0 Å². The number of aryl methyl sites for hydroxylation is 1. The quantitative estimate of drug-likeness (QED) is 0.866. The normalized spacial score (nSPS) is 40.3. The number of aliphatic hydroxyl groups is 1. The van der Waals surface area contributed by atoms with Crippen molar-refractivity contribution in [1.82, 2.24) is 0 Å². The van der Waals surface area contributed by atoms with Crippen LogP contribution < -0.4 is 4.74 Å². The maximum absolute atomic E-state index is 10.5. The van der Waals surface area contributed by atoms with Gasteiger partial charge in [0.05, 0.1) is 26.4 Å². The van der Waals surface area contributed by atoms with Crippen molar-refractivity contribution in [3.05, 3.63) is 29.3 Å². The Morgan fingerprint density at radius 2 is 2.14 bits per heavy atom. The van der Waals surface area contributed by atoms with E-state index >= 15 is 0 Å². The van der Waals surface area contributed by atoms with Gasteiger partial charge in [-0.25, -0.2) is 0 Å². The molecule has 1 aliphatic heterocycles. The first-order chi connectivity index (χ1) is 10.6. The Balaban J connectivity index is 1.68. The van der Waals surface area contributed by atoms with Crippen LogP contribution in [0.4, 0.5) is 0 Å². The summed E-state index contributed by atoms with van der Waals surface area (Å²) in [4.78, 5) is 0. The number of hydrogen-bond donors (Lipinski definition) is 1. The highest BCUT2D eigenvalue weighted by Crippen LogP contribution is 2.57. The van der Waals surface area contributed by atoms with Gasteiger partial charge in [0.15, 0.2) is 0 Å². The lowest BCUT2D eigenvalue weighted by atomic mass is 9.53. The molecule has 1 saturated carbocycles. The van der Waals surface area contributed by atoms with E-state index in [9.17, 15) is 5.11 Å². The summed E-state index contributed by atoms with van der Waals surface area (Å²) in [6.07, 6.45) is 4.32. The van der Waals surface area contributed by atoms with Crippen LogP contribution in [0.3, 0.4) is 0 Å². The van der Waals surface area contributed by atoms with Gasteiger partial charge in [-0.05, 0) is 66.7 Å². The van der Waals surface area contributed by atoms with Gasteiger partial charge in [0.1, 0.15) is 5.75 Å². The minimum Gasteiger partial charge on any atom is -0.497 e. The van der Waals surface area contributed by atoms with Gasteiger partial charge >= 0.3 is 0 Å². The van der Waals surface area contributed by atoms with E-state index in [0.29, 0.717) is 24.4 Å². The first-order valence-electron chi connectivity index (χ1n) is 8.56. The molecule has 2 fully saturated rings. The Morgan fingerprint density at radius 3 is 2.95 bits per heavy atom. The van der Waals surface area contributed by atoms with E-state index in [-0.39, 0.29) is 11.5 Å². The summed E-state index contributed by atoms with van der Waals surface area (Å²) in [5.74, 6) is 2.73. The van der Waals surface area contributed by atoms with Gasteiger partial charge in [0.2, 0.25) is 0 Å². The molecule has 2 aliphatic carbocycles. The number of methoxy groups -OCH3 is 1. The molecular formula is C19H26O3. The van der Waals surface area contributed by atoms with E-state index in [0.717, 1.165) is 25.2 Å². The average molecular weight is 302 g/mol. The molecule has 0 radical (unpaired) electrons. The predicted octanol–water partition coefficient (Wildman–Crippen LogP) is 3.15. The zero-order valence-corrected chi connectivity index (χ0v) is 13.5. The molecule has 0 unspecified atom stereocenters. The molecule has 1 heterocycles. The van der Waals surface area contributed by atoms with Crippen LogP contribution in [-0.2, 0) is 11.2 Å². The molecule has 3 aliphatic rings. The Hall–Kier alpha value is -1.06. The highest BCUT2D eigenvalue weighted by atomic mass is 16.5. The Kier molecular flexibility index (Phi) is 3.46. The summed E-state index contributed by atoms with van der Waals surface area (Å²) in [6.45, 7) is 3.61. The van der Waals surface area contributed by atoms with E-state index < -0.39 is 0 Å². The van der Waals surface area contributed by atoms with Crippen LogP contribution in [0, 0.1) is 17.3 Å². The Bertz CT molecular complexity index is 570. The van der Waals surface area contributed by atoms with Crippen LogP contribution in [0.2, 0.25) is 0 Å². The summed E-state index contributed by atoms with van der Waals surface area (Å²) >= 11 is 0. The maximum atomic E-state index is 10.5. The number of hydrogen-bond acceptors (Lipinski definition) is 3. The summed E-state index contributed by atoms with van der Waals surface area (Å²) < 4.78 is 11.1. The molecule has 5 atom stereocenters. The van der Waals surface area contributed by atoms with Crippen LogP contribution in [-0.4, -0.2) is 31.5 Å². The van der Waals surface area contributed by atoms with Crippen LogP contribution >= 0.6 is 0 Å². The highest BCUT2D eigenvalue weighted by Gasteiger charge is 2.53. The molecule has 120 valence electrons. The van der Waals surface area contributed by atoms with Crippen LogP contribution in [0.1, 0.15) is 43.2 Å². The van der Waals surface area contributed by atoms with Crippen LogP contribution in [0.25, 0.3) is 0 Å². The second-order valence-electron chi connectivity index (χ2n) is 7.58. The van der Waals surface area contributed by atoms with Crippen molar-refractivity contribution < 1.29 is 14.6 Å². The minimum absolute atomic E-state index is 0.0450. The first-order valence-corrected chi connectivity index (χ1v) is 8.56.